The number of nitrogens with zero attached hydrogens (tertiary/aromatic N) is 3. The monoisotopic (exact) mass is 573 g/mol. The quantitative estimate of drug-likeness (QED) is 0.170. The first-order chi connectivity index (χ1) is 19.7. The first-order valence-corrected chi connectivity index (χ1v) is 13.7. The molecule has 0 N–H and O–H groups in total. The number of para-hydroxylation sites is 1. The van der Waals surface area contributed by atoms with Gasteiger partial charge >= 0.3 is 5.97 Å². The number of aryl methyl sites for hydroxylation is 1. The number of carbonyl (C=O) groups excluding carboxylic acids is 1. The highest BCUT2D eigenvalue weighted by molar-refractivity contribution is 7.07. The maximum absolute atomic E-state index is 13.9. The number of nitro groups is 1. The normalized spacial score (nSPS) is 14.9. The molecule has 0 spiro atoms. The summed E-state index contributed by atoms with van der Waals surface area (Å²) in [5.41, 5.74) is 2.41. The van der Waals surface area contributed by atoms with Gasteiger partial charge in [-0.05, 0) is 50.1 Å². The third-order valence-electron chi connectivity index (χ3n) is 6.69. The third kappa shape index (κ3) is 5.23. The molecule has 0 fully saturated rings. The Labute approximate surface area is 238 Å². The van der Waals surface area contributed by atoms with Gasteiger partial charge in [0.25, 0.3) is 11.2 Å². The van der Waals surface area contributed by atoms with Crippen LogP contribution in [0.1, 0.15) is 43.2 Å². The number of hydrogen-bond donors (Lipinski definition) is 0. The smallest absolute Gasteiger partial charge is 0.338 e. The van der Waals surface area contributed by atoms with Crippen LogP contribution >= 0.6 is 11.3 Å². The van der Waals surface area contributed by atoms with E-state index >= 15 is 0 Å². The Morgan fingerprint density at radius 3 is 2.68 bits per heavy atom. The Balaban J connectivity index is 1.63. The molecule has 11 heteroatoms. The average molecular weight is 574 g/mol. The molecule has 4 aromatic rings. The van der Waals surface area contributed by atoms with Crippen molar-refractivity contribution >= 4 is 29.1 Å². The van der Waals surface area contributed by atoms with Crippen molar-refractivity contribution in [3.8, 4) is 17.1 Å². The predicted molar refractivity (Wildman–Crippen MR) is 154 cm³/mol. The largest absolute Gasteiger partial charge is 0.493 e. The maximum Gasteiger partial charge on any atom is 0.338 e. The van der Waals surface area contributed by atoms with Gasteiger partial charge in [-0.15, -0.1) is 0 Å². The van der Waals surface area contributed by atoms with Gasteiger partial charge in [-0.1, -0.05) is 36.5 Å². The maximum atomic E-state index is 13.9. The lowest BCUT2D eigenvalue weighted by atomic mass is 9.95. The van der Waals surface area contributed by atoms with E-state index in [-0.39, 0.29) is 16.8 Å². The van der Waals surface area contributed by atoms with Crippen LogP contribution in [0.3, 0.4) is 0 Å². The Kier molecular flexibility index (Phi) is 7.71. The fourth-order valence-electron chi connectivity index (χ4n) is 4.78. The van der Waals surface area contributed by atoms with Gasteiger partial charge in [0.2, 0.25) is 0 Å². The van der Waals surface area contributed by atoms with Gasteiger partial charge < -0.3 is 13.9 Å². The van der Waals surface area contributed by atoms with Gasteiger partial charge in [-0.25, -0.2) is 9.79 Å². The number of hydrogen-bond acceptors (Lipinski definition) is 9. The van der Waals surface area contributed by atoms with Crippen LogP contribution in [0.15, 0.2) is 80.1 Å². The highest BCUT2D eigenvalue weighted by Gasteiger charge is 2.34. The number of carbonyl (C=O) groups is 1. The summed E-state index contributed by atoms with van der Waals surface area (Å²) in [5, 5.41) is 11.1. The molecule has 210 valence electrons. The molecule has 10 nitrogen and oxygen atoms in total. The molecule has 41 heavy (non-hydrogen) atoms. The van der Waals surface area contributed by atoms with Gasteiger partial charge in [-0.3, -0.25) is 19.5 Å². The predicted octanol–water partition coefficient (Wildman–Crippen LogP) is 4.67. The second kappa shape index (κ2) is 11.4. The Morgan fingerprint density at radius 1 is 1.20 bits per heavy atom. The summed E-state index contributed by atoms with van der Waals surface area (Å²) in [6, 6.07) is 14.5. The van der Waals surface area contributed by atoms with Crippen molar-refractivity contribution < 1.29 is 23.6 Å². The Morgan fingerprint density at radius 2 is 1.98 bits per heavy atom. The van der Waals surface area contributed by atoms with E-state index in [4.69, 9.17) is 13.9 Å². The standard InChI is InChI=1S/C30H27N3O7S/c1-5-14-39-23-9-7-6-8-22(23)27-26(29(35)38-4)18(3)31-30-32(27)28(34)25(41-30)16-20-11-13-24(40-20)21-12-10-19(33(36)37)15-17(21)2/h6-13,15-16,27H,5,14H2,1-4H3/b25-16+/t27-/m0/s1. The number of rotatable bonds is 8. The van der Waals surface area contributed by atoms with Crippen LogP contribution < -0.4 is 19.6 Å². The number of non-ortho nitro benzene ring substituents is 1. The van der Waals surface area contributed by atoms with Crippen molar-refractivity contribution in [3.63, 3.8) is 0 Å². The number of benzene rings is 2. The summed E-state index contributed by atoms with van der Waals surface area (Å²) in [7, 11) is 1.30. The van der Waals surface area contributed by atoms with Crippen LogP contribution in [-0.4, -0.2) is 29.2 Å². The molecule has 0 bridgehead atoms. The minimum Gasteiger partial charge on any atom is -0.493 e. The van der Waals surface area contributed by atoms with E-state index in [0.717, 1.165) is 6.42 Å². The van der Waals surface area contributed by atoms with Crippen LogP contribution in [0.2, 0.25) is 0 Å². The molecule has 0 saturated carbocycles. The number of furan rings is 1. The Bertz CT molecular complexity index is 1880. The number of allylic oxidation sites excluding steroid dienone is 1. The van der Waals surface area contributed by atoms with E-state index < -0.39 is 16.9 Å². The van der Waals surface area contributed by atoms with Crippen molar-refractivity contribution in [1.29, 1.82) is 0 Å². The molecule has 5 rings (SSSR count). The van der Waals surface area contributed by atoms with E-state index in [2.05, 4.69) is 4.99 Å². The first kappa shape index (κ1) is 27.8. The molecular formula is C30H27N3O7S. The van der Waals surface area contributed by atoms with Gasteiger partial charge in [0.05, 0.1) is 34.4 Å². The lowest BCUT2D eigenvalue weighted by molar-refractivity contribution is -0.384. The molecule has 0 saturated heterocycles. The number of ether oxygens (including phenoxy) is 2. The summed E-state index contributed by atoms with van der Waals surface area (Å²) in [5.74, 6) is 0.930. The zero-order chi connectivity index (χ0) is 29.3. The molecular weight excluding hydrogens is 546 g/mol. The van der Waals surface area contributed by atoms with Crippen molar-refractivity contribution in [3.05, 3.63) is 113 Å². The van der Waals surface area contributed by atoms with Gasteiger partial charge in [0, 0.05) is 29.3 Å². The van der Waals surface area contributed by atoms with Gasteiger partial charge in [0.1, 0.15) is 23.3 Å². The number of esters is 1. The number of methoxy groups -OCH3 is 1. The van der Waals surface area contributed by atoms with Crippen LogP contribution in [-0.2, 0) is 9.53 Å². The van der Waals surface area contributed by atoms with Crippen molar-refractivity contribution in [2.75, 3.05) is 13.7 Å². The van der Waals surface area contributed by atoms with Crippen LogP contribution in [0, 0.1) is 17.0 Å². The molecule has 1 aliphatic heterocycles. The van der Waals surface area contributed by atoms with E-state index in [1.807, 2.05) is 31.2 Å². The fourth-order valence-corrected chi connectivity index (χ4v) is 5.81. The summed E-state index contributed by atoms with van der Waals surface area (Å²) in [6.45, 7) is 5.96. The number of thiazole rings is 1. The molecule has 2 aromatic heterocycles. The minimum absolute atomic E-state index is 0.00280. The fraction of sp³-hybridized carbons (Fsp3) is 0.233. The third-order valence-corrected chi connectivity index (χ3v) is 7.67. The summed E-state index contributed by atoms with van der Waals surface area (Å²) < 4.78 is 19.0. The number of fused-ring (bicyclic) bond motifs is 1. The highest BCUT2D eigenvalue weighted by atomic mass is 32.1. The van der Waals surface area contributed by atoms with Gasteiger partial charge in [-0.2, -0.15) is 0 Å². The van der Waals surface area contributed by atoms with Crippen molar-refractivity contribution in [2.45, 2.75) is 33.2 Å². The molecule has 1 aliphatic rings. The van der Waals surface area contributed by atoms with Crippen molar-refractivity contribution in [2.24, 2.45) is 4.99 Å². The summed E-state index contributed by atoms with van der Waals surface area (Å²) in [6.07, 6.45) is 2.42. The molecule has 0 aliphatic carbocycles. The lowest BCUT2D eigenvalue weighted by Crippen LogP contribution is -2.40. The molecule has 0 radical (unpaired) electrons. The summed E-state index contributed by atoms with van der Waals surface area (Å²) in [4.78, 5) is 42.5. The second-order valence-corrected chi connectivity index (χ2v) is 10.4. The summed E-state index contributed by atoms with van der Waals surface area (Å²) >= 11 is 1.18. The Hall–Kier alpha value is -4.77. The van der Waals surface area contributed by atoms with Crippen LogP contribution in [0.5, 0.6) is 5.75 Å². The van der Waals surface area contributed by atoms with E-state index in [0.29, 0.717) is 55.6 Å². The second-order valence-electron chi connectivity index (χ2n) is 9.42. The van der Waals surface area contributed by atoms with E-state index in [1.54, 1.807) is 38.1 Å². The first-order valence-electron chi connectivity index (χ1n) is 12.9. The number of nitro benzene ring substituents is 1. The number of aromatic nitrogens is 1. The molecule has 3 heterocycles. The van der Waals surface area contributed by atoms with Gasteiger partial charge in [0.15, 0.2) is 4.80 Å². The van der Waals surface area contributed by atoms with E-state index in [9.17, 15) is 19.7 Å². The lowest BCUT2D eigenvalue weighted by Gasteiger charge is -2.26. The average Bonchev–Trinajstić information content (AvgIpc) is 3.54. The topological polar surface area (TPSA) is 126 Å². The van der Waals surface area contributed by atoms with E-state index in [1.165, 1.54) is 35.1 Å². The molecule has 0 amide bonds. The van der Waals surface area contributed by atoms with Crippen LogP contribution in [0.25, 0.3) is 17.4 Å². The highest BCUT2D eigenvalue weighted by Crippen LogP contribution is 2.36. The SMILES string of the molecule is CCCOc1ccccc1[C@H]1C(C(=O)OC)=C(C)N=c2s/c(=C/c3ccc(-c4ccc([N+](=O)[O-])cc4C)o3)c(=O)n21. The minimum atomic E-state index is -0.802. The van der Waals surface area contributed by atoms with Crippen LogP contribution in [0.4, 0.5) is 5.69 Å². The zero-order valence-corrected chi connectivity index (χ0v) is 23.7. The molecule has 0 unspecified atom stereocenters. The zero-order valence-electron chi connectivity index (χ0n) is 22.9. The molecule has 2 aromatic carbocycles. The molecule has 1 atom stereocenters. The van der Waals surface area contributed by atoms with Crippen molar-refractivity contribution in [1.82, 2.24) is 4.57 Å².